The number of hydrogen-bond acceptors (Lipinski definition) is 6. The lowest BCUT2D eigenvalue weighted by Gasteiger charge is -2.23. The summed E-state index contributed by atoms with van der Waals surface area (Å²) in [7, 11) is 5.23. The normalized spacial score (nSPS) is 11.1. The van der Waals surface area contributed by atoms with E-state index >= 15 is 0 Å². The van der Waals surface area contributed by atoms with Crippen molar-refractivity contribution in [3.8, 4) is 28.0 Å². The first-order valence-electron chi connectivity index (χ1n) is 11.7. The van der Waals surface area contributed by atoms with E-state index < -0.39 is 5.82 Å². The number of amides is 1. The number of carbonyl (C=O) groups excluding carboxylic acids is 1. The van der Waals surface area contributed by atoms with Gasteiger partial charge in [-0.1, -0.05) is 24.6 Å². The van der Waals surface area contributed by atoms with Crippen molar-refractivity contribution in [1.82, 2.24) is 9.47 Å². The highest BCUT2D eigenvalue weighted by Gasteiger charge is 2.19. The highest BCUT2D eigenvalue weighted by Crippen LogP contribution is 2.41. The molecule has 0 spiro atoms. The molecule has 3 N–H and O–H groups in total. The van der Waals surface area contributed by atoms with Gasteiger partial charge in [-0.3, -0.25) is 14.5 Å². The minimum Gasteiger partial charge on any atom is -0.507 e. The van der Waals surface area contributed by atoms with Gasteiger partial charge in [0.2, 0.25) is 6.41 Å². The third kappa shape index (κ3) is 6.12. The van der Waals surface area contributed by atoms with E-state index in [9.17, 15) is 19.1 Å². The summed E-state index contributed by atoms with van der Waals surface area (Å²) in [5.41, 5.74) is 7.74. The molecule has 1 aromatic heterocycles. The Morgan fingerprint density at radius 2 is 1.76 bits per heavy atom. The van der Waals surface area contributed by atoms with Gasteiger partial charge in [-0.25, -0.2) is 4.39 Å². The highest BCUT2D eigenvalue weighted by molar-refractivity contribution is 6.34. The minimum atomic E-state index is -0.578. The summed E-state index contributed by atoms with van der Waals surface area (Å²) in [6.45, 7) is 2.69. The van der Waals surface area contributed by atoms with Crippen LogP contribution in [0.4, 0.5) is 15.8 Å². The highest BCUT2D eigenvalue weighted by atomic mass is 35.5. The molecule has 8 nitrogen and oxygen atoms in total. The maximum Gasteiger partial charge on any atom is 0.273 e. The van der Waals surface area contributed by atoms with Gasteiger partial charge in [0.15, 0.2) is 0 Å². The van der Waals surface area contributed by atoms with Crippen molar-refractivity contribution in [3.05, 3.63) is 76.2 Å². The summed E-state index contributed by atoms with van der Waals surface area (Å²) in [5, 5.41) is 11.4. The van der Waals surface area contributed by atoms with E-state index in [0.29, 0.717) is 35.5 Å². The predicted octanol–water partition coefficient (Wildman–Crippen LogP) is 4.35. The van der Waals surface area contributed by atoms with E-state index in [1.54, 1.807) is 59.7 Å². The molecule has 0 saturated carbocycles. The van der Waals surface area contributed by atoms with Crippen LogP contribution in [-0.2, 0) is 11.8 Å². The summed E-state index contributed by atoms with van der Waals surface area (Å²) in [4.78, 5) is 29.2. The Balaban J connectivity index is 2.12. The van der Waals surface area contributed by atoms with E-state index in [0.717, 1.165) is 6.42 Å². The number of phenols is 1. The smallest absolute Gasteiger partial charge is 0.273 e. The van der Waals surface area contributed by atoms with Crippen molar-refractivity contribution in [2.24, 2.45) is 12.8 Å². The van der Waals surface area contributed by atoms with E-state index in [2.05, 4.69) is 0 Å². The van der Waals surface area contributed by atoms with Gasteiger partial charge in [0.1, 0.15) is 17.3 Å². The summed E-state index contributed by atoms with van der Waals surface area (Å²) in [6.07, 6.45) is 6.20. The molecule has 0 aliphatic carbocycles. The van der Waals surface area contributed by atoms with E-state index in [4.69, 9.17) is 17.3 Å². The Hall–Kier alpha value is -3.82. The average molecular weight is 528 g/mol. The molecule has 1 amide bonds. The topological polar surface area (TPSA) is 95.0 Å². The van der Waals surface area contributed by atoms with Crippen LogP contribution in [0.5, 0.6) is 5.75 Å². The third-order valence-corrected chi connectivity index (χ3v) is 6.08. The number of benzene rings is 2. The summed E-state index contributed by atoms with van der Waals surface area (Å²) in [5.74, 6) is -0.754. The lowest BCUT2D eigenvalue weighted by molar-refractivity contribution is -0.106. The van der Waals surface area contributed by atoms with Crippen LogP contribution in [0.15, 0.2) is 59.8 Å². The van der Waals surface area contributed by atoms with Crippen molar-refractivity contribution < 1.29 is 14.3 Å². The second-order valence-electron chi connectivity index (χ2n) is 8.77. The van der Waals surface area contributed by atoms with Crippen LogP contribution >= 0.6 is 11.6 Å². The summed E-state index contributed by atoms with van der Waals surface area (Å²) in [6, 6.07) is 8.84. The quantitative estimate of drug-likeness (QED) is 0.301. The lowest BCUT2D eigenvalue weighted by Crippen LogP contribution is -2.36. The fourth-order valence-electron chi connectivity index (χ4n) is 3.95. The number of hydrogen-bond donors (Lipinski definition) is 2. The van der Waals surface area contributed by atoms with Crippen molar-refractivity contribution in [3.63, 3.8) is 0 Å². The Labute approximate surface area is 220 Å². The van der Waals surface area contributed by atoms with Gasteiger partial charge in [0.05, 0.1) is 17.4 Å². The fourth-order valence-corrected chi connectivity index (χ4v) is 4.23. The molecule has 0 radical (unpaired) electrons. The van der Waals surface area contributed by atoms with Crippen molar-refractivity contribution in [2.75, 3.05) is 37.1 Å². The molecule has 2 aromatic carbocycles. The SMILES string of the molecule is CCCN(CN)c1cc(-c2cc(F)cc(-c3ccc(N(C=O)/C=C\N(C)C)c(Cl)c3)c2O)cn(C)c1=O. The number of halogens is 2. The summed E-state index contributed by atoms with van der Waals surface area (Å²) < 4.78 is 16.2. The minimum absolute atomic E-state index is 0.138. The molecule has 196 valence electrons. The monoisotopic (exact) mass is 527 g/mol. The second kappa shape index (κ2) is 11.9. The van der Waals surface area contributed by atoms with Crippen LogP contribution in [0.1, 0.15) is 13.3 Å². The zero-order chi connectivity index (χ0) is 27.3. The van der Waals surface area contributed by atoms with Gasteiger partial charge in [-0.05, 0) is 42.3 Å². The first kappa shape index (κ1) is 27.8. The van der Waals surface area contributed by atoms with Crippen molar-refractivity contribution in [2.45, 2.75) is 13.3 Å². The molecule has 3 aromatic rings. The van der Waals surface area contributed by atoms with E-state index in [-0.39, 0.29) is 34.1 Å². The van der Waals surface area contributed by atoms with Crippen molar-refractivity contribution in [1.29, 1.82) is 0 Å². The number of rotatable bonds is 10. The Bertz CT molecular complexity index is 1370. The van der Waals surface area contributed by atoms with Gasteiger partial charge in [0.25, 0.3) is 5.56 Å². The number of aromatic nitrogens is 1. The van der Waals surface area contributed by atoms with Crippen molar-refractivity contribution >= 4 is 29.4 Å². The molecule has 0 atom stereocenters. The van der Waals surface area contributed by atoms with Crippen LogP contribution in [-0.4, -0.2) is 48.3 Å². The molecule has 0 aliphatic heterocycles. The number of nitrogens with two attached hydrogens (primary N) is 1. The molecule has 3 rings (SSSR count). The molecule has 0 fully saturated rings. The van der Waals surface area contributed by atoms with Crippen LogP contribution in [0.2, 0.25) is 5.02 Å². The second-order valence-corrected chi connectivity index (χ2v) is 9.17. The van der Waals surface area contributed by atoms with E-state index in [1.807, 2.05) is 21.0 Å². The molecule has 1 heterocycles. The summed E-state index contributed by atoms with van der Waals surface area (Å²) >= 11 is 6.48. The zero-order valence-electron chi connectivity index (χ0n) is 21.3. The maximum absolute atomic E-state index is 14.8. The Morgan fingerprint density at radius 3 is 2.32 bits per heavy atom. The number of phenolic OH excluding ortho intramolecular Hbond substituents is 1. The fraction of sp³-hybridized carbons (Fsp3) is 0.259. The van der Waals surface area contributed by atoms with Crippen LogP contribution in [0.25, 0.3) is 22.3 Å². The molecule has 0 bridgehead atoms. The standard InChI is InChI=1S/C27H31ClFN5O3/c1-5-8-33(16-30)25-12-19(15-32(4)27(25)37)22-14-20(29)13-21(26(22)36)18-6-7-24(23(28)11-18)34(17-35)10-9-31(2)3/h6-7,9-15,17,36H,5,8,16,30H2,1-4H3/b10-9-. The maximum atomic E-state index is 14.8. The molecule has 10 heteroatoms. The van der Waals surface area contributed by atoms with Gasteiger partial charge >= 0.3 is 0 Å². The predicted molar refractivity (Wildman–Crippen MR) is 147 cm³/mol. The number of anilines is 2. The van der Waals surface area contributed by atoms with Crippen LogP contribution in [0.3, 0.4) is 0 Å². The Morgan fingerprint density at radius 1 is 1.08 bits per heavy atom. The molecule has 37 heavy (non-hydrogen) atoms. The molecule has 0 aliphatic rings. The third-order valence-electron chi connectivity index (χ3n) is 5.78. The Kier molecular flexibility index (Phi) is 8.96. The van der Waals surface area contributed by atoms with Gasteiger partial charge in [-0.2, -0.15) is 0 Å². The van der Waals surface area contributed by atoms with Gasteiger partial charge in [-0.15, -0.1) is 0 Å². The van der Waals surface area contributed by atoms with Crippen LogP contribution < -0.4 is 21.1 Å². The first-order chi connectivity index (χ1) is 17.6. The number of pyridine rings is 1. The lowest BCUT2D eigenvalue weighted by atomic mass is 9.97. The largest absolute Gasteiger partial charge is 0.507 e. The van der Waals surface area contributed by atoms with Gasteiger partial charge < -0.3 is 25.2 Å². The zero-order valence-corrected chi connectivity index (χ0v) is 22.0. The number of nitrogens with zero attached hydrogens (tertiary/aromatic N) is 4. The molecule has 0 saturated heterocycles. The average Bonchev–Trinajstić information content (AvgIpc) is 2.86. The van der Waals surface area contributed by atoms with Crippen LogP contribution in [0, 0.1) is 5.82 Å². The van der Waals surface area contributed by atoms with E-state index in [1.165, 1.54) is 21.6 Å². The number of aryl methyl sites for hydroxylation is 1. The molecule has 0 unspecified atom stereocenters. The number of aromatic hydroxyl groups is 1. The first-order valence-corrected chi connectivity index (χ1v) is 12.1. The number of carbonyl (C=O) groups is 1. The van der Waals surface area contributed by atoms with Gasteiger partial charge in [0, 0.05) is 63.0 Å². The molecular formula is C27H31ClFN5O3. The molecular weight excluding hydrogens is 497 g/mol.